The Bertz CT molecular complexity index is 603. The van der Waals surface area contributed by atoms with E-state index in [-0.39, 0.29) is 0 Å². The standard InChI is InChI=1S/C14H19ClN2OS/c1-10(2)18-8-4-3-7-17-13-6-5-11(15)9-12(13)16-14(17)19/h5-6,9-10H,3-4,7-8H2,1-2H3,(H,16,19). The largest absolute Gasteiger partial charge is 0.379 e. The summed E-state index contributed by atoms with van der Waals surface area (Å²) in [5.74, 6) is 0. The van der Waals surface area contributed by atoms with Crippen molar-refractivity contribution in [2.75, 3.05) is 6.61 Å². The van der Waals surface area contributed by atoms with Gasteiger partial charge in [0, 0.05) is 18.2 Å². The number of hydrogen-bond acceptors (Lipinski definition) is 2. The predicted molar refractivity (Wildman–Crippen MR) is 82.5 cm³/mol. The number of nitrogens with zero attached hydrogens (tertiary/aromatic N) is 1. The van der Waals surface area contributed by atoms with Crippen LogP contribution in [0.4, 0.5) is 0 Å². The molecule has 5 heteroatoms. The summed E-state index contributed by atoms with van der Waals surface area (Å²) in [5, 5.41) is 0.723. The number of benzene rings is 1. The zero-order valence-electron chi connectivity index (χ0n) is 11.3. The Morgan fingerprint density at radius 2 is 2.16 bits per heavy atom. The van der Waals surface area contributed by atoms with Crippen LogP contribution in [0.25, 0.3) is 11.0 Å². The summed E-state index contributed by atoms with van der Waals surface area (Å²) in [7, 11) is 0. The molecule has 3 nitrogen and oxygen atoms in total. The van der Waals surface area contributed by atoms with Crippen molar-refractivity contribution in [3.05, 3.63) is 28.0 Å². The van der Waals surface area contributed by atoms with Crippen LogP contribution in [0.1, 0.15) is 26.7 Å². The number of hydrogen-bond donors (Lipinski definition) is 1. The molecule has 2 aromatic rings. The summed E-state index contributed by atoms with van der Waals surface area (Å²) < 4.78 is 8.41. The number of rotatable bonds is 6. The van der Waals surface area contributed by atoms with Crippen LogP contribution in [0, 0.1) is 4.77 Å². The average Bonchev–Trinajstić information content (AvgIpc) is 2.64. The number of aromatic nitrogens is 2. The number of unbranched alkanes of at least 4 members (excludes halogenated alkanes) is 1. The molecule has 0 spiro atoms. The molecular weight excluding hydrogens is 280 g/mol. The maximum absolute atomic E-state index is 5.98. The van der Waals surface area contributed by atoms with Crippen molar-refractivity contribution in [2.24, 2.45) is 0 Å². The lowest BCUT2D eigenvalue weighted by molar-refractivity contribution is 0.0755. The predicted octanol–water partition coefficient (Wildman–Crippen LogP) is 4.56. The Kier molecular flexibility index (Phi) is 5.02. The summed E-state index contributed by atoms with van der Waals surface area (Å²) in [6, 6.07) is 5.81. The number of fused-ring (bicyclic) bond motifs is 1. The van der Waals surface area contributed by atoms with Gasteiger partial charge in [-0.05, 0) is 57.1 Å². The Balaban J connectivity index is 2.00. The third kappa shape index (κ3) is 3.81. The number of ether oxygens (including phenoxy) is 1. The van der Waals surface area contributed by atoms with Crippen molar-refractivity contribution in [2.45, 2.75) is 39.3 Å². The number of nitrogens with one attached hydrogen (secondary N) is 1. The second kappa shape index (κ2) is 6.55. The Labute approximate surface area is 123 Å². The van der Waals surface area contributed by atoms with Crippen molar-refractivity contribution in [1.82, 2.24) is 9.55 Å². The van der Waals surface area contributed by atoms with Gasteiger partial charge < -0.3 is 14.3 Å². The van der Waals surface area contributed by atoms with Crippen molar-refractivity contribution in [3.63, 3.8) is 0 Å². The van der Waals surface area contributed by atoms with Crippen molar-refractivity contribution < 1.29 is 4.74 Å². The molecule has 2 rings (SSSR count). The van der Waals surface area contributed by atoms with Gasteiger partial charge >= 0.3 is 0 Å². The molecule has 0 aliphatic heterocycles. The van der Waals surface area contributed by atoms with Gasteiger partial charge in [-0.25, -0.2) is 0 Å². The lowest BCUT2D eigenvalue weighted by Crippen LogP contribution is -2.05. The minimum absolute atomic E-state index is 0.303. The quantitative estimate of drug-likeness (QED) is 0.626. The molecule has 0 saturated heterocycles. The fourth-order valence-electron chi connectivity index (χ4n) is 2.05. The summed E-state index contributed by atoms with van der Waals surface area (Å²) in [6.45, 7) is 5.82. The van der Waals surface area contributed by atoms with Crippen molar-refractivity contribution in [1.29, 1.82) is 0 Å². The van der Waals surface area contributed by atoms with Gasteiger partial charge in [0.1, 0.15) is 0 Å². The topological polar surface area (TPSA) is 29.9 Å². The Morgan fingerprint density at radius 1 is 1.37 bits per heavy atom. The minimum atomic E-state index is 0.303. The third-order valence-corrected chi connectivity index (χ3v) is 3.52. The van der Waals surface area contributed by atoms with E-state index in [2.05, 4.69) is 23.4 Å². The van der Waals surface area contributed by atoms with Crippen LogP contribution in [-0.4, -0.2) is 22.3 Å². The third-order valence-electron chi connectivity index (χ3n) is 2.96. The molecule has 19 heavy (non-hydrogen) atoms. The highest BCUT2D eigenvalue weighted by molar-refractivity contribution is 7.71. The highest BCUT2D eigenvalue weighted by Crippen LogP contribution is 2.19. The van der Waals surface area contributed by atoms with Crippen molar-refractivity contribution >= 4 is 34.9 Å². The van der Waals surface area contributed by atoms with Crippen molar-refractivity contribution in [3.8, 4) is 0 Å². The molecule has 0 aliphatic rings. The fraction of sp³-hybridized carbons (Fsp3) is 0.500. The summed E-state index contributed by atoms with van der Waals surface area (Å²) in [5.41, 5.74) is 2.11. The molecule has 0 aliphatic carbocycles. The van der Waals surface area contributed by atoms with E-state index in [1.54, 1.807) is 0 Å². The van der Waals surface area contributed by atoms with Gasteiger partial charge in [0.05, 0.1) is 17.1 Å². The lowest BCUT2D eigenvalue weighted by atomic mass is 10.3. The molecule has 0 radical (unpaired) electrons. The minimum Gasteiger partial charge on any atom is -0.379 e. The molecule has 0 atom stereocenters. The molecule has 1 heterocycles. The van der Waals surface area contributed by atoms with Gasteiger partial charge in [0.25, 0.3) is 0 Å². The molecule has 1 N–H and O–H groups in total. The van der Waals surface area contributed by atoms with E-state index in [1.807, 2.05) is 18.2 Å². The van der Waals surface area contributed by atoms with Gasteiger partial charge in [0.15, 0.2) is 4.77 Å². The van der Waals surface area contributed by atoms with E-state index in [0.717, 1.165) is 46.8 Å². The fourth-order valence-corrected chi connectivity index (χ4v) is 2.52. The van der Waals surface area contributed by atoms with Crippen LogP contribution < -0.4 is 0 Å². The maximum Gasteiger partial charge on any atom is 0.178 e. The zero-order chi connectivity index (χ0) is 13.8. The smallest absolute Gasteiger partial charge is 0.178 e. The average molecular weight is 299 g/mol. The summed E-state index contributed by atoms with van der Waals surface area (Å²) in [6.07, 6.45) is 2.40. The molecule has 0 bridgehead atoms. The lowest BCUT2D eigenvalue weighted by Gasteiger charge is -2.08. The monoisotopic (exact) mass is 298 g/mol. The van der Waals surface area contributed by atoms with Gasteiger partial charge in [0.2, 0.25) is 0 Å². The molecule has 1 aromatic heterocycles. The highest BCUT2D eigenvalue weighted by atomic mass is 35.5. The van der Waals surface area contributed by atoms with Gasteiger partial charge in [-0.15, -0.1) is 0 Å². The van der Waals surface area contributed by atoms with Crippen LogP contribution >= 0.6 is 23.8 Å². The van der Waals surface area contributed by atoms with Crippen LogP contribution in [0.3, 0.4) is 0 Å². The van der Waals surface area contributed by atoms with E-state index >= 15 is 0 Å². The number of halogens is 1. The summed E-state index contributed by atoms with van der Waals surface area (Å²) in [4.78, 5) is 3.19. The van der Waals surface area contributed by atoms with Crippen LogP contribution in [-0.2, 0) is 11.3 Å². The normalized spacial score (nSPS) is 11.6. The molecule has 104 valence electrons. The summed E-state index contributed by atoms with van der Waals surface area (Å²) >= 11 is 11.3. The number of imidazole rings is 1. The van der Waals surface area contributed by atoms with Crippen LogP contribution in [0.5, 0.6) is 0 Å². The maximum atomic E-state index is 5.98. The molecular formula is C14H19ClN2OS. The first-order valence-electron chi connectivity index (χ1n) is 6.57. The van der Waals surface area contributed by atoms with Gasteiger partial charge in [-0.2, -0.15) is 0 Å². The molecule has 0 unspecified atom stereocenters. The number of H-pyrrole nitrogens is 1. The SMILES string of the molecule is CC(C)OCCCCn1c(=S)[nH]c2cc(Cl)ccc21. The first kappa shape index (κ1) is 14.6. The highest BCUT2D eigenvalue weighted by Gasteiger charge is 2.04. The Hall–Kier alpha value is -0.840. The first-order valence-corrected chi connectivity index (χ1v) is 7.36. The molecule has 0 amide bonds. The van der Waals surface area contributed by atoms with Crippen LogP contribution in [0.15, 0.2) is 18.2 Å². The zero-order valence-corrected chi connectivity index (χ0v) is 12.9. The first-order chi connectivity index (χ1) is 9.08. The second-order valence-corrected chi connectivity index (χ2v) is 5.69. The van der Waals surface area contributed by atoms with E-state index in [1.165, 1.54) is 0 Å². The van der Waals surface area contributed by atoms with E-state index in [0.29, 0.717) is 6.10 Å². The molecule has 0 saturated carbocycles. The van der Waals surface area contributed by atoms with Gasteiger partial charge in [-0.3, -0.25) is 0 Å². The second-order valence-electron chi connectivity index (χ2n) is 4.87. The van der Waals surface area contributed by atoms with E-state index < -0.39 is 0 Å². The van der Waals surface area contributed by atoms with Gasteiger partial charge in [-0.1, -0.05) is 11.6 Å². The van der Waals surface area contributed by atoms with Crippen LogP contribution in [0.2, 0.25) is 5.02 Å². The molecule has 0 fully saturated rings. The number of aryl methyl sites for hydroxylation is 1. The van der Waals surface area contributed by atoms with E-state index in [9.17, 15) is 0 Å². The number of aromatic amines is 1. The van der Waals surface area contributed by atoms with E-state index in [4.69, 9.17) is 28.6 Å². The molecule has 1 aromatic carbocycles. The Morgan fingerprint density at radius 3 is 2.89 bits per heavy atom.